The van der Waals surface area contributed by atoms with Gasteiger partial charge in [0.2, 0.25) is 0 Å². The third kappa shape index (κ3) is 5.51. The van der Waals surface area contributed by atoms with E-state index in [0.717, 1.165) is 0 Å². The van der Waals surface area contributed by atoms with Gasteiger partial charge in [-0.1, -0.05) is 0 Å². The van der Waals surface area contributed by atoms with Crippen LogP contribution in [0.4, 0.5) is 4.79 Å². The van der Waals surface area contributed by atoms with E-state index in [1.54, 1.807) is 13.8 Å². The predicted molar refractivity (Wildman–Crippen MR) is 64.0 cm³/mol. The molecule has 7 heteroatoms. The van der Waals surface area contributed by atoms with Crippen molar-refractivity contribution in [3.8, 4) is 0 Å². The molecule has 0 bridgehead atoms. The topological polar surface area (TPSA) is 105 Å². The molecule has 3 N–H and O–H groups in total. The molecule has 0 aromatic heterocycles. The van der Waals surface area contributed by atoms with Gasteiger partial charge in [0, 0.05) is 6.54 Å². The van der Waals surface area contributed by atoms with Crippen molar-refractivity contribution in [2.75, 3.05) is 13.7 Å². The summed E-state index contributed by atoms with van der Waals surface area (Å²) >= 11 is 0. The van der Waals surface area contributed by atoms with Crippen LogP contribution in [0.25, 0.3) is 0 Å². The molecule has 0 aliphatic rings. The summed E-state index contributed by atoms with van der Waals surface area (Å²) in [5, 5.41) is 13.7. The Morgan fingerprint density at radius 3 is 2.33 bits per heavy atom. The van der Waals surface area contributed by atoms with Crippen LogP contribution in [0.2, 0.25) is 0 Å². The Hall–Kier alpha value is -1.79. The van der Waals surface area contributed by atoms with E-state index in [1.807, 2.05) is 0 Å². The van der Waals surface area contributed by atoms with Crippen molar-refractivity contribution >= 4 is 18.0 Å². The third-order valence-corrected chi connectivity index (χ3v) is 2.52. The Morgan fingerprint density at radius 1 is 1.33 bits per heavy atom. The molecule has 1 unspecified atom stereocenters. The standard InChI is InChI=1S/C11H20N2O5/c1-7(8(14)18-4)13-10(17)12-6-5-11(2,3)9(15)16/h7H,5-6H2,1-4H3,(H,15,16)(H2,12,13,17). The Balaban J connectivity index is 3.99. The molecule has 0 saturated carbocycles. The monoisotopic (exact) mass is 260 g/mol. The predicted octanol–water partition coefficient (Wildman–Crippen LogP) is 0.348. The van der Waals surface area contributed by atoms with Crippen molar-refractivity contribution in [1.29, 1.82) is 0 Å². The number of nitrogens with one attached hydrogen (secondary N) is 2. The maximum Gasteiger partial charge on any atom is 0.328 e. The van der Waals surface area contributed by atoms with Crippen molar-refractivity contribution in [2.45, 2.75) is 33.2 Å². The van der Waals surface area contributed by atoms with Gasteiger partial charge < -0.3 is 20.5 Å². The first-order valence-electron chi connectivity index (χ1n) is 5.56. The van der Waals surface area contributed by atoms with Gasteiger partial charge in [0.15, 0.2) is 0 Å². The molecule has 7 nitrogen and oxygen atoms in total. The lowest BCUT2D eigenvalue weighted by Gasteiger charge is -2.19. The summed E-state index contributed by atoms with van der Waals surface area (Å²) < 4.78 is 4.44. The van der Waals surface area contributed by atoms with Gasteiger partial charge in [0.05, 0.1) is 12.5 Å². The van der Waals surface area contributed by atoms with E-state index in [-0.39, 0.29) is 6.54 Å². The van der Waals surface area contributed by atoms with E-state index in [9.17, 15) is 14.4 Å². The molecule has 0 aromatic rings. The summed E-state index contributed by atoms with van der Waals surface area (Å²) in [4.78, 5) is 33.2. The number of methoxy groups -OCH3 is 1. The molecular weight excluding hydrogens is 240 g/mol. The minimum atomic E-state index is -0.923. The summed E-state index contributed by atoms with van der Waals surface area (Å²) in [5.74, 6) is -1.47. The van der Waals surface area contributed by atoms with Gasteiger partial charge >= 0.3 is 18.0 Å². The van der Waals surface area contributed by atoms with Crippen LogP contribution in [0.15, 0.2) is 0 Å². The summed E-state index contributed by atoms with van der Waals surface area (Å²) in [6.07, 6.45) is 0.294. The zero-order chi connectivity index (χ0) is 14.3. The highest BCUT2D eigenvalue weighted by Crippen LogP contribution is 2.19. The summed E-state index contributed by atoms with van der Waals surface area (Å²) in [5.41, 5.74) is -0.902. The third-order valence-electron chi connectivity index (χ3n) is 2.52. The van der Waals surface area contributed by atoms with E-state index in [2.05, 4.69) is 15.4 Å². The van der Waals surface area contributed by atoms with Crippen molar-refractivity contribution in [3.05, 3.63) is 0 Å². The maximum atomic E-state index is 11.4. The highest BCUT2D eigenvalue weighted by Gasteiger charge is 2.26. The normalized spacial score (nSPS) is 12.4. The molecule has 0 spiro atoms. The van der Waals surface area contributed by atoms with E-state index < -0.39 is 29.4 Å². The Kier molecular flexibility index (Phi) is 6.15. The van der Waals surface area contributed by atoms with Gasteiger partial charge in [0.25, 0.3) is 0 Å². The smallest absolute Gasteiger partial charge is 0.328 e. The molecule has 0 aliphatic carbocycles. The average molecular weight is 260 g/mol. The summed E-state index contributed by atoms with van der Waals surface area (Å²) in [7, 11) is 1.23. The summed E-state index contributed by atoms with van der Waals surface area (Å²) in [6, 6.07) is -1.28. The number of amides is 2. The molecule has 0 saturated heterocycles. The molecule has 0 heterocycles. The van der Waals surface area contributed by atoms with E-state index in [0.29, 0.717) is 6.42 Å². The lowest BCUT2D eigenvalue weighted by atomic mass is 9.90. The van der Waals surface area contributed by atoms with Crippen LogP contribution in [0.1, 0.15) is 27.2 Å². The molecule has 0 fully saturated rings. The second kappa shape index (κ2) is 6.83. The number of carboxylic acid groups (broad SMARTS) is 1. The zero-order valence-electron chi connectivity index (χ0n) is 11.1. The maximum absolute atomic E-state index is 11.4. The fraction of sp³-hybridized carbons (Fsp3) is 0.727. The fourth-order valence-corrected chi connectivity index (χ4v) is 1.08. The van der Waals surface area contributed by atoms with Crippen LogP contribution in [0.5, 0.6) is 0 Å². The Morgan fingerprint density at radius 2 is 1.89 bits per heavy atom. The summed E-state index contributed by atoms with van der Waals surface area (Å²) in [6.45, 7) is 4.85. The molecule has 18 heavy (non-hydrogen) atoms. The second-order valence-electron chi connectivity index (χ2n) is 4.58. The Labute approximate surface area is 106 Å². The molecule has 104 valence electrons. The molecular formula is C11H20N2O5. The zero-order valence-corrected chi connectivity index (χ0v) is 11.1. The minimum Gasteiger partial charge on any atom is -0.481 e. The quantitative estimate of drug-likeness (QED) is 0.598. The number of ether oxygens (including phenoxy) is 1. The highest BCUT2D eigenvalue weighted by molar-refractivity contribution is 5.83. The highest BCUT2D eigenvalue weighted by atomic mass is 16.5. The second-order valence-corrected chi connectivity index (χ2v) is 4.58. The van der Waals surface area contributed by atoms with Gasteiger partial charge in [-0.25, -0.2) is 9.59 Å². The molecule has 2 amide bonds. The van der Waals surface area contributed by atoms with Crippen LogP contribution < -0.4 is 10.6 Å². The van der Waals surface area contributed by atoms with E-state index >= 15 is 0 Å². The van der Waals surface area contributed by atoms with Gasteiger partial charge in [-0.15, -0.1) is 0 Å². The average Bonchev–Trinajstić information content (AvgIpc) is 2.27. The molecule has 0 rings (SSSR count). The van der Waals surface area contributed by atoms with Crippen molar-refractivity contribution < 1.29 is 24.2 Å². The van der Waals surface area contributed by atoms with Crippen LogP contribution in [-0.4, -0.2) is 42.8 Å². The van der Waals surface area contributed by atoms with Gasteiger partial charge in [-0.3, -0.25) is 4.79 Å². The number of rotatable bonds is 6. The number of hydrogen-bond donors (Lipinski definition) is 3. The van der Waals surface area contributed by atoms with Gasteiger partial charge in [-0.2, -0.15) is 0 Å². The van der Waals surface area contributed by atoms with Crippen LogP contribution in [0, 0.1) is 5.41 Å². The number of carbonyl (C=O) groups excluding carboxylic acids is 2. The number of carboxylic acids is 1. The van der Waals surface area contributed by atoms with Crippen molar-refractivity contribution in [3.63, 3.8) is 0 Å². The number of aliphatic carboxylic acids is 1. The van der Waals surface area contributed by atoms with Crippen LogP contribution in [0.3, 0.4) is 0 Å². The molecule has 0 radical (unpaired) electrons. The molecule has 0 aliphatic heterocycles. The lowest BCUT2D eigenvalue weighted by Crippen LogP contribution is -2.45. The molecule has 0 aromatic carbocycles. The Bertz CT molecular complexity index is 327. The number of esters is 1. The number of hydrogen-bond acceptors (Lipinski definition) is 4. The lowest BCUT2D eigenvalue weighted by molar-refractivity contribution is -0.147. The van der Waals surface area contributed by atoms with Gasteiger partial charge in [-0.05, 0) is 27.2 Å². The van der Waals surface area contributed by atoms with Gasteiger partial charge in [0.1, 0.15) is 6.04 Å². The minimum absolute atomic E-state index is 0.207. The first-order valence-corrected chi connectivity index (χ1v) is 5.56. The largest absolute Gasteiger partial charge is 0.481 e. The molecule has 1 atom stereocenters. The first-order chi connectivity index (χ1) is 8.20. The van der Waals surface area contributed by atoms with Crippen LogP contribution in [-0.2, 0) is 14.3 Å². The first kappa shape index (κ1) is 16.2. The fourth-order valence-electron chi connectivity index (χ4n) is 1.08. The van der Waals surface area contributed by atoms with Crippen molar-refractivity contribution in [1.82, 2.24) is 10.6 Å². The number of carbonyl (C=O) groups is 3. The van der Waals surface area contributed by atoms with E-state index in [1.165, 1.54) is 14.0 Å². The van der Waals surface area contributed by atoms with E-state index in [4.69, 9.17) is 5.11 Å². The SMILES string of the molecule is COC(=O)C(C)NC(=O)NCCC(C)(C)C(=O)O. The van der Waals surface area contributed by atoms with Crippen molar-refractivity contribution in [2.24, 2.45) is 5.41 Å². The number of urea groups is 1. The van der Waals surface area contributed by atoms with Crippen LogP contribution >= 0.6 is 0 Å².